The number of hydrogen-bond acceptors (Lipinski definition) is 1. The molecule has 0 fully saturated rings. The third kappa shape index (κ3) is 3.07. The summed E-state index contributed by atoms with van der Waals surface area (Å²) in [5.74, 6) is 0. The van der Waals surface area contributed by atoms with E-state index in [0.717, 1.165) is 28.9 Å². The lowest BCUT2D eigenvalue weighted by molar-refractivity contribution is 0.538. The van der Waals surface area contributed by atoms with E-state index in [1.807, 2.05) is 12.1 Å². The van der Waals surface area contributed by atoms with E-state index in [2.05, 4.69) is 39.5 Å². The fourth-order valence-electron chi connectivity index (χ4n) is 1.70. The first-order valence-corrected chi connectivity index (χ1v) is 6.25. The highest BCUT2D eigenvalue weighted by Gasteiger charge is 2.09. The topological polar surface area (TPSA) is 12.0 Å². The van der Waals surface area contributed by atoms with E-state index in [-0.39, 0.29) is 0 Å². The third-order valence-corrected chi connectivity index (χ3v) is 3.58. The fraction of sp³-hybridized carbons (Fsp3) is 0.333. The molecule has 0 saturated carbocycles. The van der Waals surface area contributed by atoms with Gasteiger partial charge in [0.15, 0.2) is 0 Å². The lowest BCUT2D eigenvalue weighted by Crippen LogP contribution is -2.25. The van der Waals surface area contributed by atoms with Crippen LogP contribution in [0.25, 0.3) is 0 Å². The zero-order valence-corrected chi connectivity index (χ0v) is 10.7. The molecule has 3 heteroatoms. The Morgan fingerprint density at radius 3 is 2.73 bits per heavy atom. The van der Waals surface area contributed by atoms with Crippen molar-refractivity contribution in [1.82, 2.24) is 5.32 Å². The van der Waals surface area contributed by atoms with Crippen molar-refractivity contribution < 1.29 is 0 Å². The van der Waals surface area contributed by atoms with Crippen LogP contribution in [0.4, 0.5) is 0 Å². The Kier molecular flexibility index (Phi) is 3.84. The minimum absolute atomic E-state index is 0.604. The van der Waals surface area contributed by atoms with Crippen LogP contribution in [-0.2, 0) is 6.54 Å². The Morgan fingerprint density at radius 1 is 1.33 bits per heavy atom. The molecular weight excluding hydrogens is 273 g/mol. The van der Waals surface area contributed by atoms with Crippen LogP contribution in [0.3, 0.4) is 0 Å². The second-order valence-electron chi connectivity index (χ2n) is 3.76. The molecule has 1 aliphatic carbocycles. The van der Waals surface area contributed by atoms with Crippen LogP contribution < -0.4 is 5.32 Å². The number of halogens is 2. The van der Waals surface area contributed by atoms with Gasteiger partial charge in [-0.15, -0.1) is 0 Å². The predicted molar refractivity (Wildman–Crippen MR) is 68.2 cm³/mol. The maximum atomic E-state index is 5.88. The van der Waals surface area contributed by atoms with Gasteiger partial charge in [-0.1, -0.05) is 45.7 Å². The normalized spacial score (nSPS) is 16.1. The number of hydrogen-bond donors (Lipinski definition) is 1. The molecule has 1 nitrogen and oxygen atoms in total. The second kappa shape index (κ2) is 5.15. The summed E-state index contributed by atoms with van der Waals surface area (Å²) in [6.45, 7) is 0.893. The number of nitrogens with one attached hydrogen (secondary N) is 1. The standard InChI is InChI=1S/C12H13BrClN/c13-12-7-10(14)6-5-9(12)8-15-11-3-1-2-4-11/h1-2,5-7,11,15H,3-4,8H2. The SMILES string of the molecule is Clc1ccc(CNC2CC=CC2)c(Br)c1. The van der Waals surface area contributed by atoms with Gasteiger partial charge in [-0.25, -0.2) is 0 Å². The van der Waals surface area contributed by atoms with Crippen molar-refractivity contribution in [2.45, 2.75) is 25.4 Å². The molecule has 0 radical (unpaired) electrons. The molecule has 0 atom stereocenters. The molecule has 0 heterocycles. The fourth-order valence-corrected chi connectivity index (χ4v) is 2.53. The van der Waals surface area contributed by atoms with Gasteiger partial charge >= 0.3 is 0 Å². The van der Waals surface area contributed by atoms with Gasteiger partial charge in [-0.05, 0) is 30.5 Å². The van der Waals surface area contributed by atoms with Crippen molar-refractivity contribution in [2.24, 2.45) is 0 Å². The molecule has 1 aromatic rings. The average molecular weight is 287 g/mol. The monoisotopic (exact) mass is 285 g/mol. The summed E-state index contributed by atoms with van der Waals surface area (Å²) in [4.78, 5) is 0. The van der Waals surface area contributed by atoms with Crippen LogP contribution in [0.15, 0.2) is 34.8 Å². The number of benzene rings is 1. The van der Waals surface area contributed by atoms with Gasteiger partial charge in [0.2, 0.25) is 0 Å². The highest BCUT2D eigenvalue weighted by atomic mass is 79.9. The Bertz CT molecular complexity index is 368. The summed E-state index contributed by atoms with van der Waals surface area (Å²) >= 11 is 9.40. The lowest BCUT2D eigenvalue weighted by atomic mass is 10.2. The van der Waals surface area contributed by atoms with Gasteiger partial charge in [0.05, 0.1) is 0 Å². The van der Waals surface area contributed by atoms with E-state index in [4.69, 9.17) is 11.6 Å². The molecule has 0 aromatic heterocycles. The first-order valence-electron chi connectivity index (χ1n) is 5.08. The smallest absolute Gasteiger partial charge is 0.0417 e. The highest BCUT2D eigenvalue weighted by molar-refractivity contribution is 9.10. The molecule has 1 aromatic carbocycles. The molecule has 0 unspecified atom stereocenters. The van der Waals surface area contributed by atoms with E-state index in [0.29, 0.717) is 6.04 Å². The van der Waals surface area contributed by atoms with Gasteiger partial charge in [0, 0.05) is 22.1 Å². The molecule has 80 valence electrons. The van der Waals surface area contributed by atoms with E-state index >= 15 is 0 Å². The van der Waals surface area contributed by atoms with Gasteiger partial charge in [0.1, 0.15) is 0 Å². The van der Waals surface area contributed by atoms with E-state index in [1.54, 1.807) is 0 Å². The zero-order chi connectivity index (χ0) is 10.7. The molecule has 1 aliphatic rings. The summed E-state index contributed by atoms with van der Waals surface area (Å²) in [6, 6.07) is 6.52. The molecule has 2 rings (SSSR count). The van der Waals surface area contributed by atoms with Crippen molar-refractivity contribution in [2.75, 3.05) is 0 Å². The molecule has 0 bridgehead atoms. The third-order valence-electron chi connectivity index (χ3n) is 2.60. The van der Waals surface area contributed by atoms with Crippen LogP contribution >= 0.6 is 27.5 Å². The van der Waals surface area contributed by atoms with Crippen LogP contribution in [-0.4, -0.2) is 6.04 Å². The van der Waals surface area contributed by atoms with Gasteiger partial charge < -0.3 is 5.32 Å². The van der Waals surface area contributed by atoms with Crippen LogP contribution in [0.1, 0.15) is 18.4 Å². The summed E-state index contributed by atoms with van der Waals surface area (Å²) < 4.78 is 1.08. The minimum atomic E-state index is 0.604. The zero-order valence-electron chi connectivity index (χ0n) is 8.34. The predicted octanol–water partition coefficient (Wildman–Crippen LogP) is 3.91. The van der Waals surface area contributed by atoms with Crippen LogP contribution in [0.5, 0.6) is 0 Å². The molecule has 15 heavy (non-hydrogen) atoms. The van der Waals surface area contributed by atoms with Crippen molar-refractivity contribution in [3.8, 4) is 0 Å². The Balaban J connectivity index is 1.92. The summed E-state index contributed by atoms with van der Waals surface area (Å²) in [5.41, 5.74) is 1.26. The Hall–Kier alpha value is -0.310. The van der Waals surface area contributed by atoms with Crippen molar-refractivity contribution in [3.05, 3.63) is 45.4 Å². The molecule has 1 N–H and O–H groups in total. The maximum Gasteiger partial charge on any atom is 0.0417 e. The van der Waals surface area contributed by atoms with E-state index in [9.17, 15) is 0 Å². The van der Waals surface area contributed by atoms with Crippen LogP contribution in [0, 0.1) is 0 Å². The Labute approximate surface area is 104 Å². The van der Waals surface area contributed by atoms with Crippen molar-refractivity contribution in [3.63, 3.8) is 0 Å². The molecular formula is C12H13BrClN. The van der Waals surface area contributed by atoms with Crippen LogP contribution in [0.2, 0.25) is 5.02 Å². The lowest BCUT2D eigenvalue weighted by Gasteiger charge is -2.12. The summed E-state index contributed by atoms with van der Waals surface area (Å²) in [6.07, 6.45) is 6.75. The maximum absolute atomic E-state index is 5.88. The van der Waals surface area contributed by atoms with E-state index in [1.165, 1.54) is 5.56 Å². The molecule has 0 amide bonds. The quantitative estimate of drug-likeness (QED) is 0.831. The molecule has 0 spiro atoms. The van der Waals surface area contributed by atoms with Crippen molar-refractivity contribution >= 4 is 27.5 Å². The molecule has 0 saturated heterocycles. The summed E-state index contributed by atoms with van der Waals surface area (Å²) in [5, 5.41) is 4.29. The first-order chi connectivity index (χ1) is 7.25. The summed E-state index contributed by atoms with van der Waals surface area (Å²) in [7, 11) is 0. The molecule has 0 aliphatic heterocycles. The average Bonchev–Trinajstić information content (AvgIpc) is 2.69. The van der Waals surface area contributed by atoms with Crippen molar-refractivity contribution in [1.29, 1.82) is 0 Å². The van der Waals surface area contributed by atoms with Gasteiger partial charge in [-0.3, -0.25) is 0 Å². The van der Waals surface area contributed by atoms with Gasteiger partial charge in [-0.2, -0.15) is 0 Å². The highest BCUT2D eigenvalue weighted by Crippen LogP contribution is 2.22. The van der Waals surface area contributed by atoms with E-state index < -0.39 is 0 Å². The number of rotatable bonds is 3. The van der Waals surface area contributed by atoms with Gasteiger partial charge in [0.25, 0.3) is 0 Å². The minimum Gasteiger partial charge on any atom is -0.309 e. The first kappa shape index (κ1) is 11.2. The Morgan fingerprint density at radius 2 is 2.07 bits per heavy atom. The second-order valence-corrected chi connectivity index (χ2v) is 5.05. The largest absolute Gasteiger partial charge is 0.309 e.